The summed E-state index contributed by atoms with van der Waals surface area (Å²) in [6.07, 6.45) is 1.49. The van der Waals surface area contributed by atoms with Crippen LogP contribution in [0, 0.1) is 0 Å². The highest BCUT2D eigenvalue weighted by atomic mass is 79.9. The Morgan fingerprint density at radius 2 is 1.97 bits per heavy atom. The predicted molar refractivity (Wildman–Crippen MR) is 116 cm³/mol. The van der Waals surface area contributed by atoms with Crippen LogP contribution in [0.25, 0.3) is 0 Å². The number of benzene rings is 2. The molecule has 0 saturated carbocycles. The second kappa shape index (κ2) is 9.99. The smallest absolute Gasteiger partial charge is 0.353 e. The number of rotatable bonds is 7. The van der Waals surface area contributed by atoms with Crippen LogP contribution in [0.3, 0.4) is 0 Å². The highest BCUT2D eigenvalue weighted by molar-refractivity contribution is 9.10. The lowest BCUT2D eigenvalue weighted by Crippen LogP contribution is -2.18. The van der Waals surface area contributed by atoms with Crippen LogP contribution in [0.2, 0.25) is 0 Å². The first-order valence-corrected chi connectivity index (χ1v) is 10.4. The van der Waals surface area contributed by atoms with Crippen LogP contribution < -0.4 is 14.9 Å². The number of halogens is 1. The van der Waals surface area contributed by atoms with Crippen molar-refractivity contribution >= 4 is 45.4 Å². The molecule has 0 aliphatic heterocycles. The molecular weight excluding hydrogens is 456 g/mol. The molecule has 0 radical (unpaired) electrons. The van der Waals surface area contributed by atoms with Crippen molar-refractivity contribution < 1.29 is 19.1 Å². The SMILES string of the molecule is CCOc1cc(/C=N\NC(=O)c2ccccc2Br)ccc1OC(=O)c1cccs1. The van der Waals surface area contributed by atoms with E-state index < -0.39 is 5.97 Å². The summed E-state index contributed by atoms with van der Waals surface area (Å²) in [7, 11) is 0. The number of hydrogen-bond donors (Lipinski definition) is 1. The van der Waals surface area contributed by atoms with Crippen LogP contribution in [-0.2, 0) is 0 Å². The summed E-state index contributed by atoms with van der Waals surface area (Å²) < 4.78 is 11.7. The van der Waals surface area contributed by atoms with Crippen molar-refractivity contribution in [3.8, 4) is 11.5 Å². The quantitative estimate of drug-likeness (QED) is 0.229. The van der Waals surface area contributed by atoms with Gasteiger partial charge in [-0.2, -0.15) is 5.10 Å². The van der Waals surface area contributed by atoms with E-state index in [1.54, 1.807) is 48.5 Å². The first kappa shape index (κ1) is 20.8. The number of amides is 1. The van der Waals surface area contributed by atoms with E-state index in [0.29, 0.717) is 38.6 Å². The summed E-state index contributed by atoms with van der Waals surface area (Å²) in [5, 5.41) is 5.79. The minimum Gasteiger partial charge on any atom is -0.490 e. The largest absolute Gasteiger partial charge is 0.490 e. The topological polar surface area (TPSA) is 77.0 Å². The summed E-state index contributed by atoms with van der Waals surface area (Å²) in [6, 6.07) is 15.6. The number of esters is 1. The molecule has 1 N–H and O–H groups in total. The third-order valence-corrected chi connectivity index (χ3v) is 5.23. The third-order valence-electron chi connectivity index (χ3n) is 3.69. The maximum atomic E-state index is 12.2. The lowest BCUT2D eigenvalue weighted by Gasteiger charge is -2.10. The van der Waals surface area contributed by atoms with Gasteiger partial charge in [-0.05, 0) is 70.2 Å². The maximum Gasteiger partial charge on any atom is 0.353 e. The van der Waals surface area contributed by atoms with Gasteiger partial charge in [-0.15, -0.1) is 11.3 Å². The van der Waals surface area contributed by atoms with Crippen molar-refractivity contribution in [1.29, 1.82) is 0 Å². The Morgan fingerprint density at radius 1 is 1.14 bits per heavy atom. The van der Waals surface area contributed by atoms with Crippen LogP contribution in [-0.4, -0.2) is 24.7 Å². The van der Waals surface area contributed by atoms with Gasteiger partial charge in [0.1, 0.15) is 4.88 Å². The maximum absolute atomic E-state index is 12.2. The average molecular weight is 473 g/mol. The molecule has 29 heavy (non-hydrogen) atoms. The summed E-state index contributed by atoms with van der Waals surface area (Å²) in [4.78, 5) is 24.9. The number of hydrazone groups is 1. The molecule has 0 aliphatic rings. The first-order valence-electron chi connectivity index (χ1n) is 8.69. The van der Waals surface area contributed by atoms with E-state index in [9.17, 15) is 9.59 Å². The molecule has 2 aromatic carbocycles. The van der Waals surface area contributed by atoms with Crippen LogP contribution in [0.5, 0.6) is 11.5 Å². The van der Waals surface area contributed by atoms with Gasteiger partial charge in [0.2, 0.25) is 0 Å². The molecule has 148 valence electrons. The second-order valence-corrected chi connectivity index (χ2v) is 7.49. The Hall–Kier alpha value is -2.97. The van der Waals surface area contributed by atoms with Crippen molar-refractivity contribution in [3.63, 3.8) is 0 Å². The predicted octanol–water partition coefficient (Wildman–Crippen LogP) is 4.89. The van der Waals surface area contributed by atoms with Crippen molar-refractivity contribution in [2.24, 2.45) is 5.10 Å². The Balaban J connectivity index is 1.70. The van der Waals surface area contributed by atoms with Crippen molar-refractivity contribution in [1.82, 2.24) is 5.43 Å². The molecule has 8 heteroatoms. The van der Waals surface area contributed by atoms with E-state index in [4.69, 9.17) is 9.47 Å². The molecule has 0 spiro atoms. The number of ether oxygens (including phenoxy) is 2. The van der Waals surface area contributed by atoms with Gasteiger partial charge in [0.05, 0.1) is 18.4 Å². The lowest BCUT2D eigenvalue weighted by molar-refractivity contribution is 0.0733. The molecular formula is C21H17BrN2O4S. The van der Waals surface area contributed by atoms with Gasteiger partial charge in [-0.25, -0.2) is 10.2 Å². The molecule has 1 heterocycles. The summed E-state index contributed by atoms with van der Waals surface area (Å²) in [5.41, 5.74) is 3.64. The standard InChI is InChI=1S/C21H17BrN2O4S/c1-2-27-18-12-14(9-10-17(18)28-21(26)19-8-5-11-29-19)13-23-24-20(25)15-6-3-4-7-16(15)22/h3-13H,2H2,1H3,(H,24,25)/b23-13-. The average Bonchev–Trinajstić information content (AvgIpc) is 3.25. The highest BCUT2D eigenvalue weighted by Crippen LogP contribution is 2.29. The summed E-state index contributed by atoms with van der Waals surface area (Å²) in [5.74, 6) is -0.0403. The minimum absolute atomic E-state index is 0.319. The minimum atomic E-state index is -0.442. The number of nitrogens with one attached hydrogen (secondary N) is 1. The van der Waals surface area contributed by atoms with Gasteiger partial charge in [0.25, 0.3) is 5.91 Å². The van der Waals surface area contributed by atoms with E-state index >= 15 is 0 Å². The molecule has 0 bridgehead atoms. The molecule has 0 atom stereocenters. The molecule has 0 unspecified atom stereocenters. The zero-order valence-electron chi connectivity index (χ0n) is 15.4. The Morgan fingerprint density at radius 3 is 2.69 bits per heavy atom. The fourth-order valence-corrected chi connectivity index (χ4v) is 3.44. The molecule has 3 rings (SSSR count). The monoisotopic (exact) mass is 472 g/mol. The fraction of sp³-hybridized carbons (Fsp3) is 0.0952. The van der Waals surface area contributed by atoms with E-state index in [1.807, 2.05) is 18.4 Å². The van der Waals surface area contributed by atoms with Gasteiger partial charge in [-0.1, -0.05) is 18.2 Å². The van der Waals surface area contributed by atoms with Gasteiger partial charge < -0.3 is 9.47 Å². The fourth-order valence-electron chi connectivity index (χ4n) is 2.37. The molecule has 3 aromatic rings. The van der Waals surface area contributed by atoms with Crippen LogP contribution in [0.15, 0.2) is 69.6 Å². The van der Waals surface area contributed by atoms with Crippen LogP contribution in [0.4, 0.5) is 0 Å². The molecule has 0 aliphatic carbocycles. The number of hydrogen-bond acceptors (Lipinski definition) is 6. The van der Waals surface area contributed by atoms with Gasteiger partial charge in [-0.3, -0.25) is 4.79 Å². The molecule has 0 fully saturated rings. The highest BCUT2D eigenvalue weighted by Gasteiger charge is 2.14. The molecule has 1 aromatic heterocycles. The van der Waals surface area contributed by atoms with Crippen LogP contribution in [0.1, 0.15) is 32.5 Å². The Labute approximate surface area is 180 Å². The van der Waals surface area contributed by atoms with E-state index in [2.05, 4.69) is 26.5 Å². The summed E-state index contributed by atoms with van der Waals surface area (Å²) >= 11 is 4.64. The number of carbonyl (C=O) groups excluding carboxylic acids is 2. The molecule has 6 nitrogen and oxygen atoms in total. The Kier molecular flexibility index (Phi) is 7.15. The number of nitrogens with zero attached hydrogens (tertiary/aromatic N) is 1. The van der Waals surface area contributed by atoms with Crippen LogP contribution >= 0.6 is 27.3 Å². The van der Waals surface area contributed by atoms with Crippen molar-refractivity contribution in [2.75, 3.05) is 6.61 Å². The second-order valence-electron chi connectivity index (χ2n) is 5.68. The lowest BCUT2D eigenvalue weighted by atomic mass is 10.2. The zero-order chi connectivity index (χ0) is 20.6. The van der Waals surface area contributed by atoms with Crippen molar-refractivity contribution in [2.45, 2.75) is 6.92 Å². The van der Waals surface area contributed by atoms with E-state index in [0.717, 1.165) is 0 Å². The van der Waals surface area contributed by atoms with Crippen molar-refractivity contribution in [3.05, 3.63) is 80.5 Å². The Bertz CT molecular complexity index is 1030. The first-order chi connectivity index (χ1) is 14.1. The van der Waals surface area contributed by atoms with Gasteiger partial charge >= 0.3 is 5.97 Å². The normalized spacial score (nSPS) is 10.7. The van der Waals surface area contributed by atoms with E-state index in [-0.39, 0.29) is 5.91 Å². The number of carbonyl (C=O) groups is 2. The number of thiophene rings is 1. The molecule has 1 amide bonds. The van der Waals surface area contributed by atoms with Gasteiger partial charge in [0.15, 0.2) is 11.5 Å². The van der Waals surface area contributed by atoms with Gasteiger partial charge in [0, 0.05) is 4.47 Å². The molecule has 0 saturated heterocycles. The summed E-state index contributed by atoms with van der Waals surface area (Å²) in [6.45, 7) is 2.24. The van der Waals surface area contributed by atoms with E-state index in [1.165, 1.54) is 17.6 Å². The third kappa shape index (κ3) is 5.52. The zero-order valence-corrected chi connectivity index (χ0v) is 17.8.